The van der Waals surface area contributed by atoms with E-state index in [-0.39, 0.29) is 35.6 Å². The molecular weight excluding hydrogens is 501 g/mol. The lowest BCUT2D eigenvalue weighted by Crippen LogP contribution is -2.47. The number of carbonyl (C=O) groups excluding carboxylic acids is 2. The summed E-state index contributed by atoms with van der Waals surface area (Å²) in [6, 6.07) is 8.98. The van der Waals surface area contributed by atoms with Gasteiger partial charge in [0.25, 0.3) is 5.91 Å². The number of benzene rings is 2. The van der Waals surface area contributed by atoms with E-state index in [1.165, 1.54) is 31.3 Å². The summed E-state index contributed by atoms with van der Waals surface area (Å²) in [7, 11) is -2.33. The molecule has 1 aliphatic carbocycles. The fraction of sp³-hybridized carbons (Fsp3) is 0.385. The predicted octanol–water partition coefficient (Wildman–Crippen LogP) is 3.10. The van der Waals surface area contributed by atoms with E-state index in [4.69, 9.17) is 9.15 Å². The minimum atomic E-state index is -3.84. The normalized spacial score (nSPS) is 16.1. The molecule has 9 nitrogen and oxygen atoms in total. The standard InChI is InChI=1S/C26H28FN3O6S/c1-28-26(32)24-20-13-19(16-3-4-16)21(14-22(20)36-25(24)17-5-7-18(27)8-6-17)30(37(2,33)34)15-23(31)29-9-11-35-12-10-29/h5-8,13-14,16H,3-4,9-12,15H2,1-2H3,(H,28,32). The monoisotopic (exact) mass is 529 g/mol. The van der Waals surface area contributed by atoms with Crippen molar-refractivity contribution < 1.29 is 31.6 Å². The zero-order valence-corrected chi connectivity index (χ0v) is 21.4. The predicted molar refractivity (Wildman–Crippen MR) is 137 cm³/mol. The molecule has 1 saturated heterocycles. The van der Waals surface area contributed by atoms with E-state index < -0.39 is 15.8 Å². The summed E-state index contributed by atoms with van der Waals surface area (Å²) in [5.74, 6) is -0.760. The van der Waals surface area contributed by atoms with Crippen LogP contribution in [0.2, 0.25) is 0 Å². The minimum Gasteiger partial charge on any atom is -0.455 e. The molecule has 5 rings (SSSR count). The second kappa shape index (κ2) is 9.79. The Hall–Kier alpha value is -3.44. The Morgan fingerprint density at radius 1 is 1.14 bits per heavy atom. The maximum atomic E-state index is 13.6. The topological polar surface area (TPSA) is 109 Å². The molecule has 3 aromatic rings. The quantitative estimate of drug-likeness (QED) is 0.504. The summed E-state index contributed by atoms with van der Waals surface area (Å²) in [5, 5.41) is 3.16. The number of nitrogens with one attached hydrogen (secondary N) is 1. The van der Waals surface area contributed by atoms with Gasteiger partial charge in [-0.15, -0.1) is 0 Å². The van der Waals surface area contributed by atoms with Gasteiger partial charge in [0.15, 0.2) is 0 Å². The number of nitrogens with zero attached hydrogens (tertiary/aromatic N) is 2. The highest BCUT2D eigenvalue weighted by Gasteiger charge is 2.34. The van der Waals surface area contributed by atoms with Crippen molar-refractivity contribution in [2.24, 2.45) is 0 Å². The Kier molecular flexibility index (Phi) is 6.67. The Labute approximate surface area is 214 Å². The van der Waals surface area contributed by atoms with Gasteiger partial charge in [-0.05, 0) is 54.7 Å². The molecule has 2 heterocycles. The van der Waals surface area contributed by atoms with Gasteiger partial charge in [-0.3, -0.25) is 13.9 Å². The van der Waals surface area contributed by atoms with Gasteiger partial charge in [0.05, 0.1) is 30.7 Å². The smallest absolute Gasteiger partial charge is 0.255 e. The highest BCUT2D eigenvalue weighted by atomic mass is 32.2. The number of anilines is 1. The summed E-state index contributed by atoms with van der Waals surface area (Å²) in [6.07, 6.45) is 2.81. The van der Waals surface area contributed by atoms with Crippen molar-refractivity contribution in [3.8, 4) is 11.3 Å². The number of rotatable bonds is 7. The molecular formula is C26H28FN3O6S. The molecule has 0 bridgehead atoms. The van der Waals surface area contributed by atoms with Crippen LogP contribution in [0.25, 0.3) is 22.3 Å². The van der Waals surface area contributed by atoms with Crippen LogP contribution in [0, 0.1) is 5.82 Å². The molecule has 2 amide bonds. The Morgan fingerprint density at radius 2 is 1.81 bits per heavy atom. The van der Waals surface area contributed by atoms with Gasteiger partial charge in [0.2, 0.25) is 15.9 Å². The van der Waals surface area contributed by atoms with E-state index in [0.717, 1.165) is 29.0 Å². The first-order valence-corrected chi connectivity index (χ1v) is 13.9. The van der Waals surface area contributed by atoms with Crippen molar-refractivity contribution in [2.45, 2.75) is 18.8 Å². The van der Waals surface area contributed by atoms with Crippen LogP contribution in [-0.2, 0) is 19.6 Å². The molecule has 1 aliphatic heterocycles. The number of sulfonamides is 1. The van der Waals surface area contributed by atoms with E-state index >= 15 is 0 Å². The first-order valence-electron chi connectivity index (χ1n) is 12.1. The number of hydrogen-bond donors (Lipinski definition) is 1. The van der Waals surface area contributed by atoms with E-state index in [1.54, 1.807) is 17.0 Å². The van der Waals surface area contributed by atoms with Crippen LogP contribution in [-0.4, -0.2) is 71.3 Å². The molecule has 2 aliphatic rings. The lowest BCUT2D eigenvalue weighted by Gasteiger charge is -2.30. The Balaban J connectivity index is 1.66. The molecule has 1 N–H and O–H groups in total. The zero-order chi connectivity index (χ0) is 26.3. The van der Waals surface area contributed by atoms with Gasteiger partial charge in [-0.25, -0.2) is 12.8 Å². The van der Waals surface area contributed by atoms with Crippen LogP contribution in [0.3, 0.4) is 0 Å². The van der Waals surface area contributed by atoms with Crippen LogP contribution in [0.5, 0.6) is 0 Å². The molecule has 2 aromatic carbocycles. The van der Waals surface area contributed by atoms with E-state index in [9.17, 15) is 22.4 Å². The maximum absolute atomic E-state index is 13.6. The molecule has 0 spiro atoms. The van der Waals surface area contributed by atoms with Gasteiger partial charge in [-0.2, -0.15) is 0 Å². The molecule has 1 saturated carbocycles. The number of halogens is 1. The van der Waals surface area contributed by atoms with Crippen LogP contribution < -0.4 is 9.62 Å². The third kappa shape index (κ3) is 5.05. The second-order valence-electron chi connectivity index (χ2n) is 9.34. The van der Waals surface area contributed by atoms with Crippen molar-refractivity contribution in [1.29, 1.82) is 0 Å². The van der Waals surface area contributed by atoms with E-state index in [2.05, 4.69) is 5.32 Å². The lowest BCUT2D eigenvalue weighted by atomic mass is 10.0. The van der Waals surface area contributed by atoms with Crippen molar-refractivity contribution in [2.75, 3.05) is 50.5 Å². The summed E-state index contributed by atoms with van der Waals surface area (Å²) in [4.78, 5) is 27.6. The first kappa shape index (κ1) is 25.2. The fourth-order valence-corrected chi connectivity index (χ4v) is 5.52. The molecule has 11 heteroatoms. The van der Waals surface area contributed by atoms with Gasteiger partial charge in [0.1, 0.15) is 23.7 Å². The summed E-state index contributed by atoms with van der Waals surface area (Å²) in [6.45, 7) is 1.27. The average Bonchev–Trinajstić information content (AvgIpc) is 3.66. The number of amides is 2. The average molecular weight is 530 g/mol. The minimum absolute atomic E-state index is 0.101. The van der Waals surface area contributed by atoms with Gasteiger partial charge < -0.3 is 19.4 Å². The molecule has 2 fully saturated rings. The third-order valence-electron chi connectivity index (χ3n) is 6.73. The maximum Gasteiger partial charge on any atom is 0.255 e. The van der Waals surface area contributed by atoms with Crippen molar-refractivity contribution >= 4 is 38.5 Å². The largest absolute Gasteiger partial charge is 0.455 e. The number of carbonyl (C=O) groups is 2. The van der Waals surface area contributed by atoms with Gasteiger partial charge in [-0.1, -0.05) is 0 Å². The third-order valence-corrected chi connectivity index (χ3v) is 7.85. The highest BCUT2D eigenvalue weighted by molar-refractivity contribution is 7.92. The number of ether oxygens (including phenoxy) is 1. The van der Waals surface area contributed by atoms with Gasteiger partial charge >= 0.3 is 0 Å². The highest BCUT2D eigenvalue weighted by Crippen LogP contribution is 2.48. The Morgan fingerprint density at radius 3 is 2.41 bits per heavy atom. The SMILES string of the molecule is CNC(=O)c1c(-c2ccc(F)cc2)oc2cc(N(CC(=O)N3CCOCC3)S(C)(=O)=O)c(C3CC3)cc12. The fourth-order valence-electron chi connectivity index (χ4n) is 4.66. The van der Waals surface area contributed by atoms with Crippen molar-refractivity contribution in [3.05, 3.63) is 53.3 Å². The number of fused-ring (bicyclic) bond motifs is 1. The lowest BCUT2D eigenvalue weighted by molar-refractivity contribution is -0.133. The second-order valence-corrected chi connectivity index (χ2v) is 11.2. The molecule has 0 unspecified atom stereocenters. The van der Waals surface area contributed by atoms with Crippen LogP contribution in [0.1, 0.15) is 34.7 Å². The number of morpholine rings is 1. The molecule has 37 heavy (non-hydrogen) atoms. The van der Waals surface area contributed by atoms with Crippen LogP contribution >= 0.6 is 0 Å². The number of hydrogen-bond acceptors (Lipinski definition) is 6. The molecule has 0 radical (unpaired) electrons. The van der Waals surface area contributed by atoms with Gasteiger partial charge in [0, 0.05) is 37.2 Å². The summed E-state index contributed by atoms with van der Waals surface area (Å²) < 4.78 is 52.0. The molecule has 0 atom stereocenters. The van der Waals surface area contributed by atoms with Crippen molar-refractivity contribution in [3.63, 3.8) is 0 Å². The molecule has 1 aromatic heterocycles. The van der Waals surface area contributed by atoms with Crippen LogP contribution in [0.15, 0.2) is 40.8 Å². The summed E-state index contributed by atoms with van der Waals surface area (Å²) >= 11 is 0. The van der Waals surface area contributed by atoms with Crippen LogP contribution in [0.4, 0.5) is 10.1 Å². The van der Waals surface area contributed by atoms with E-state index in [0.29, 0.717) is 48.5 Å². The summed E-state index contributed by atoms with van der Waals surface area (Å²) in [5.41, 5.74) is 2.19. The van der Waals surface area contributed by atoms with Crippen molar-refractivity contribution in [1.82, 2.24) is 10.2 Å². The zero-order valence-electron chi connectivity index (χ0n) is 20.6. The number of furan rings is 1. The Bertz CT molecular complexity index is 1460. The molecule has 196 valence electrons. The first-order chi connectivity index (χ1) is 17.7. The van der Waals surface area contributed by atoms with E-state index in [1.807, 2.05) is 0 Å².